The van der Waals surface area contributed by atoms with Gasteiger partial charge in [-0.05, 0) is 82.0 Å². The van der Waals surface area contributed by atoms with E-state index in [1.54, 1.807) is 0 Å². The van der Waals surface area contributed by atoms with Crippen LogP contribution in [0.1, 0.15) is 122 Å². The summed E-state index contributed by atoms with van der Waals surface area (Å²) in [5.74, 6) is 2.67. The molecule has 0 fully saturated rings. The number of nitrogens with two attached hydrogens (primary N) is 7. The first-order chi connectivity index (χ1) is 39.9. The van der Waals surface area contributed by atoms with Crippen LogP contribution in [0.15, 0.2) is 127 Å². The molecular formula is C65H72N16. The van der Waals surface area contributed by atoms with E-state index in [0.29, 0.717) is 62.6 Å². The fourth-order valence-electron chi connectivity index (χ4n) is 12.6. The molecule has 0 radical (unpaired) electrons. The molecule has 81 heavy (non-hydrogen) atoms. The van der Waals surface area contributed by atoms with Crippen molar-refractivity contribution in [3.63, 3.8) is 0 Å². The van der Waals surface area contributed by atoms with Gasteiger partial charge in [0.2, 0.25) is 0 Å². The minimum atomic E-state index is 0.0971. The number of fused-ring (bicyclic) bond motifs is 18. The van der Waals surface area contributed by atoms with Crippen molar-refractivity contribution in [1.29, 1.82) is 5.41 Å². The number of aromatic nitrogens is 2. The highest BCUT2D eigenvalue weighted by Crippen LogP contribution is 2.48. The Morgan fingerprint density at radius 2 is 0.617 bits per heavy atom. The van der Waals surface area contributed by atoms with Gasteiger partial charge in [0.05, 0.1) is 0 Å². The van der Waals surface area contributed by atoms with E-state index in [1.165, 1.54) is 6.21 Å². The fraction of sp³-hybridized carbons (Fsp3) is 0.246. The number of nitrogens with zero attached hydrogens (tertiary/aromatic N) is 8. The largest absolute Gasteiger partial charge is 0.326 e. The van der Waals surface area contributed by atoms with E-state index in [-0.39, 0.29) is 52.5 Å². The van der Waals surface area contributed by atoms with Crippen LogP contribution in [0.25, 0.3) is 64.6 Å². The molecule has 6 bridgehead atoms. The zero-order valence-electron chi connectivity index (χ0n) is 47.6. The van der Waals surface area contributed by atoms with Crippen LogP contribution in [0, 0.1) is 5.41 Å². The highest BCUT2D eigenvalue weighted by molar-refractivity contribution is 6.31. The smallest absolute Gasteiger partial charge is 0.165 e. The Morgan fingerprint density at radius 3 is 0.951 bits per heavy atom. The number of nitrogens with one attached hydrogen (secondary N) is 1. The molecule has 0 atom stereocenters. The van der Waals surface area contributed by atoms with Crippen LogP contribution in [0.5, 0.6) is 0 Å². The topological polar surface area (TPSA) is 290 Å². The summed E-state index contributed by atoms with van der Waals surface area (Å²) in [5.41, 5.74) is 58.9. The van der Waals surface area contributed by atoms with Crippen LogP contribution in [0.4, 0.5) is 11.6 Å². The molecule has 0 amide bonds. The average Bonchev–Trinajstić information content (AvgIpc) is 4.32. The third kappa shape index (κ3) is 8.03. The van der Waals surface area contributed by atoms with Gasteiger partial charge in [0.25, 0.3) is 0 Å². The lowest BCUT2D eigenvalue weighted by atomic mass is 9.89. The maximum Gasteiger partial charge on any atom is 0.165 e. The van der Waals surface area contributed by atoms with Crippen LogP contribution in [-0.4, -0.2) is 38.7 Å². The van der Waals surface area contributed by atoms with Crippen LogP contribution >= 0.6 is 0 Å². The van der Waals surface area contributed by atoms with Gasteiger partial charge in [-0.25, -0.2) is 30.0 Å². The maximum atomic E-state index is 9.05. The highest BCUT2D eigenvalue weighted by atomic mass is 15.3. The van der Waals surface area contributed by atoms with Crippen LogP contribution < -0.4 is 51.1 Å². The highest BCUT2D eigenvalue weighted by Gasteiger charge is 2.37. The van der Waals surface area contributed by atoms with Crippen molar-refractivity contribution < 1.29 is 0 Å². The number of aliphatic imine (C=N–C) groups is 4. The monoisotopic (exact) mass is 1080 g/mol. The molecule has 16 nitrogen and oxygen atoms in total. The number of benzene rings is 8. The Kier molecular flexibility index (Phi) is 15.8. The normalized spacial score (nSPS) is 13.2. The predicted molar refractivity (Wildman–Crippen MR) is 338 cm³/mol. The Balaban J connectivity index is 0.000000884. The van der Waals surface area contributed by atoms with Crippen molar-refractivity contribution >= 4 is 106 Å². The summed E-state index contributed by atoms with van der Waals surface area (Å²) >= 11 is 0. The van der Waals surface area contributed by atoms with E-state index in [1.807, 2.05) is 116 Å². The van der Waals surface area contributed by atoms with Crippen molar-refractivity contribution in [3.8, 4) is 0 Å². The molecule has 4 aliphatic rings. The lowest BCUT2D eigenvalue weighted by Gasteiger charge is -2.16. The molecule has 6 heterocycles. The molecule has 0 spiro atoms. The van der Waals surface area contributed by atoms with Crippen molar-refractivity contribution in [2.24, 2.45) is 70.1 Å². The van der Waals surface area contributed by atoms with Crippen molar-refractivity contribution in [3.05, 3.63) is 175 Å². The van der Waals surface area contributed by atoms with Crippen molar-refractivity contribution in [2.45, 2.75) is 108 Å². The molecule has 412 valence electrons. The fourth-order valence-corrected chi connectivity index (χ4v) is 12.6. The van der Waals surface area contributed by atoms with Gasteiger partial charge in [-0.2, -0.15) is 0 Å². The second-order valence-corrected chi connectivity index (χ2v) is 18.8. The first kappa shape index (κ1) is 55.8. The molecule has 0 saturated heterocycles. The lowest BCUT2D eigenvalue weighted by Crippen LogP contribution is -2.32. The Morgan fingerprint density at radius 1 is 0.346 bits per heavy atom. The van der Waals surface area contributed by atoms with E-state index in [4.69, 9.17) is 75.5 Å². The van der Waals surface area contributed by atoms with Gasteiger partial charge >= 0.3 is 0 Å². The summed E-state index contributed by atoms with van der Waals surface area (Å²) in [5, 5.41) is 19.6. The second kappa shape index (κ2) is 23.0. The summed E-state index contributed by atoms with van der Waals surface area (Å²) in [6.45, 7) is 17.3. The van der Waals surface area contributed by atoms with Crippen molar-refractivity contribution in [2.75, 3.05) is 0 Å². The molecule has 14 rings (SSSR count). The molecule has 8 aromatic carbocycles. The van der Waals surface area contributed by atoms with Crippen LogP contribution in [0.3, 0.4) is 0 Å². The van der Waals surface area contributed by atoms with Gasteiger partial charge in [0.15, 0.2) is 23.3 Å². The lowest BCUT2D eigenvalue weighted by molar-refractivity contribution is 0.583. The third-order valence-corrected chi connectivity index (χ3v) is 15.6. The minimum absolute atomic E-state index is 0.0971. The van der Waals surface area contributed by atoms with E-state index >= 15 is 0 Å². The van der Waals surface area contributed by atoms with E-state index in [9.17, 15) is 0 Å². The van der Waals surface area contributed by atoms with E-state index in [0.717, 1.165) is 115 Å². The molecule has 0 aliphatic carbocycles. The van der Waals surface area contributed by atoms with E-state index in [2.05, 4.69) is 45.5 Å². The Labute approximate surface area is 471 Å². The third-order valence-electron chi connectivity index (χ3n) is 15.6. The Bertz CT molecular complexity index is 4490. The molecule has 0 saturated carbocycles. The second-order valence-electron chi connectivity index (χ2n) is 18.8. The van der Waals surface area contributed by atoms with Gasteiger partial charge < -0.3 is 45.5 Å². The summed E-state index contributed by atoms with van der Waals surface area (Å²) in [7, 11) is 0. The number of rotatable bonds is 8. The van der Waals surface area contributed by atoms with E-state index < -0.39 is 0 Å². The predicted octanol–water partition coefficient (Wildman–Crippen LogP) is 9.97. The number of hydrogen-bond acceptors (Lipinski definition) is 14. The van der Waals surface area contributed by atoms with Gasteiger partial charge in [-0.1, -0.05) is 152 Å². The zero-order valence-corrected chi connectivity index (χ0v) is 47.6. The molecule has 16 heteroatoms. The van der Waals surface area contributed by atoms with Gasteiger partial charge in [0, 0.05) is 101 Å². The molecule has 0 unspecified atom stereocenters. The number of hydrogen-bond donors (Lipinski definition) is 8. The molecule has 2 aromatic heterocycles. The average molecular weight is 1080 g/mol. The van der Waals surface area contributed by atoms with Gasteiger partial charge in [-0.15, -0.1) is 0 Å². The summed E-state index contributed by atoms with van der Waals surface area (Å²) in [6.07, 6.45) is 1.37. The van der Waals surface area contributed by atoms with Crippen LogP contribution in [0.2, 0.25) is 0 Å². The van der Waals surface area contributed by atoms with Gasteiger partial charge in [0.1, 0.15) is 29.3 Å². The van der Waals surface area contributed by atoms with Crippen LogP contribution in [-0.2, 0) is 52.5 Å². The molecule has 4 aliphatic heterocycles. The van der Waals surface area contributed by atoms with Gasteiger partial charge in [-0.3, -0.25) is 9.13 Å². The minimum Gasteiger partial charge on any atom is -0.326 e. The summed E-state index contributed by atoms with van der Waals surface area (Å²) in [6, 6.07) is 32.5. The standard InChI is InChI=1S/C57H48N16.4C2H6/c58-17-34-26-9-1-2-10-27(26)35(18-59)43-42(34)50-66-51(43)69-55-48-40(23-64)32-15-7-8-16-33(32)41(24-65)49(48)57-71-53-45-37(20-61)29-12-4-3-11-28(29)36(19-60)44(45)52(67-53)70-56-47-39(22-63)31-14-6-5-13-30(31)38(21-62)46(47)54(68-50)72(56)25-73(55)57;4*1-2/h1-17,58H,18-25,59-65H2;4*1-2H3. The molecule has 15 N–H and O–H groups in total. The summed E-state index contributed by atoms with van der Waals surface area (Å²) in [4.78, 5) is 33.8. The Hall–Kier alpha value is -8.45. The molecule has 10 aromatic rings. The SMILES string of the molecule is CC.CC.CC.CC.N=Cc1c2c(c(CN)c3ccccc13)C1=NC2=Nc2c3c(CN)c4ccccc4c(CN)c3c3n2Cn2c(c4c(CN)c5ccccc5c(CN)c4c2=NC2=NC(=N3)c3c2c(CN)c2ccccc2c3CN)=N1. The molecular weight excluding hydrogens is 1000 g/mol. The first-order valence-electron chi connectivity index (χ1n) is 28.4. The van der Waals surface area contributed by atoms with Crippen molar-refractivity contribution in [1.82, 2.24) is 9.13 Å². The maximum absolute atomic E-state index is 9.05. The zero-order chi connectivity index (χ0) is 57.6. The quantitative estimate of drug-likeness (QED) is 0.0681. The first-order valence-corrected chi connectivity index (χ1v) is 28.4. The summed E-state index contributed by atoms with van der Waals surface area (Å²) < 4.78 is 4.20. The number of amidine groups is 4.